The van der Waals surface area contributed by atoms with E-state index in [1.54, 1.807) is 6.20 Å². The number of ether oxygens (including phenoxy) is 2. The van der Waals surface area contributed by atoms with Crippen molar-refractivity contribution in [1.82, 2.24) is 20.6 Å². The number of hydrogen-bond acceptors (Lipinski definition) is 5. The molecule has 0 saturated heterocycles. The van der Waals surface area contributed by atoms with Crippen molar-refractivity contribution in [3.8, 4) is 17.4 Å². The molecule has 0 spiro atoms. The molecule has 0 unspecified atom stereocenters. The molecule has 7 nitrogen and oxygen atoms in total. The lowest BCUT2D eigenvalue weighted by Crippen LogP contribution is -2.38. The largest absolute Gasteiger partial charge is 0.494 e. The van der Waals surface area contributed by atoms with Crippen LogP contribution in [0.25, 0.3) is 0 Å². The third kappa shape index (κ3) is 9.25. The zero-order valence-corrected chi connectivity index (χ0v) is 21.5. The van der Waals surface area contributed by atoms with Gasteiger partial charge >= 0.3 is 0 Å². The molecule has 3 rings (SSSR count). The minimum atomic E-state index is 0. The lowest BCUT2D eigenvalue weighted by atomic mass is 10.2. The number of benzene rings is 1. The molecule has 3 aromatic rings. The highest BCUT2D eigenvalue weighted by molar-refractivity contribution is 14.0. The van der Waals surface area contributed by atoms with Crippen molar-refractivity contribution in [2.75, 3.05) is 19.7 Å². The SMILES string of the molecule is CCCOc1ccc(Oc2ncccc2CN=C(NCC)NCCc2ccccn2)cc1.I. The number of halogens is 1. The van der Waals surface area contributed by atoms with E-state index >= 15 is 0 Å². The van der Waals surface area contributed by atoms with Crippen LogP contribution in [0.5, 0.6) is 17.4 Å². The summed E-state index contributed by atoms with van der Waals surface area (Å²) in [6.45, 7) is 6.79. The number of pyridine rings is 2. The molecule has 1 aromatic carbocycles. The summed E-state index contributed by atoms with van der Waals surface area (Å²) in [5.41, 5.74) is 1.95. The minimum Gasteiger partial charge on any atom is -0.494 e. The molecule has 2 heterocycles. The third-order valence-corrected chi connectivity index (χ3v) is 4.51. The van der Waals surface area contributed by atoms with Crippen LogP contribution < -0.4 is 20.1 Å². The third-order valence-electron chi connectivity index (χ3n) is 4.51. The van der Waals surface area contributed by atoms with E-state index in [1.807, 2.05) is 67.7 Å². The van der Waals surface area contributed by atoms with Gasteiger partial charge in [0.05, 0.1) is 13.2 Å². The molecule has 0 aliphatic carbocycles. The van der Waals surface area contributed by atoms with Gasteiger partial charge in [0.15, 0.2) is 5.96 Å². The van der Waals surface area contributed by atoms with Crippen molar-refractivity contribution < 1.29 is 9.47 Å². The summed E-state index contributed by atoms with van der Waals surface area (Å²) in [5, 5.41) is 6.63. The molecule has 0 amide bonds. The number of aromatic nitrogens is 2. The average molecular weight is 561 g/mol. The highest BCUT2D eigenvalue weighted by Gasteiger charge is 2.07. The molecule has 0 atom stereocenters. The monoisotopic (exact) mass is 561 g/mol. The highest BCUT2D eigenvalue weighted by Crippen LogP contribution is 2.25. The van der Waals surface area contributed by atoms with Crippen LogP contribution in [0.2, 0.25) is 0 Å². The van der Waals surface area contributed by atoms with E-state index in [9.17, 15) is 0 Å². The van der Waals surface area contributed by atoms with Gasteiger partial charge in [-0.25, -0.2) is 9.98 Å². The molecule has 176 valence electrons. The zero-order valence-electron chi connectivity index (χ0n) is 19.2. The van der Waals surface area contributed by atoms with Gasteiger partial charge in [-0.05, 0) is 55.8 Å². The number of nitrogens with zero attached hydrogens (tertiary/aromatic N) is 3. The van der Waals surface area contributed by atoms with Gasteiger partial charge in [-0.15, -0.1) is 24.0 Å². The Morgan fingerprint density at radius 1 is 0.909 bits per heavy atom. The Bertz CT molecular complexity index is 968. The molecule has 2 aromatic heterocycles. The van der Waals surface area contributed by atoms with Crippen LogP contribution in [0.4, 0.5) is 0 Å². The maximum absolute atomic E-state index is 6.02. The molecule has 0 aliphatic heterocycles. The molecule has 0 fully saturated rings. The number of aliphatic imine (C=N–C) groups is 1. The van der Waals surface area contributed by atoms with E-state index in [0.717, 1.165) is 48.9 Å². The Balaban J connectivity index is 0.00000385. The summed E-state index contributed by atoms with van der Waals surface area (Å²) >= 11 is 0. The van der Waals surface area contributed by atoms with Gasteiger partial charge in [0, 0.05) is 43.2 Å². The number of hydrogen-bond donors (Lipinski definition) is 2. The van der Waals surface area contributed by atoms with Crippen LogP contribution >= 0.6 is 24.0 Å². The summed E-state index contributed by atoms with van der Waals surface area (Å²) in [7, 11) is 0. The standard InChI is InChI=1S/C25H31N5O2.HI/c1-3-18-31-22-10-12-23(13-11-22)32-24-20(8-7-16-28-24)19-30-25(26-4-2)29-17-14-21-9-5-6-15-27-21;/h5-13,15-16H,3-4,14,17-19H2,1-2H3,(H2,26,29,30);1H. The predicted octanol–water partition coefficient (Wildman–Crippen LogP) is 4.97. The fraction of sp³-hybridized carbons (Fsp3) is 0.320. The van der Waals surface area contributed by atoms with Crippen LogP contribution in [-0.2, 0) is 13.0 Å². The fourth-order valence-corrected chi connectivity index (χ4v) is 2.93. The summed E-state index contributed by atoms with van der Waals surface area (Å²) in [4.78, 5) is 13.5. The van der Waals surface area contributed by atoms with Crippen LogP contribution in [0.15, 0.2) is 72.0 Å². The van der Waals surface area contributed by atoms with Crippen molar-refractivity contribution in [2.24, 2.45) is 4.99 Å². The lowest BCUT2D eigenvalue weighted by molar-refractivity contribution is 0.317. The second-order valence-electron chi connectivity index (χ2n) is 7.08. The van der Waals surface area contributed by atoms with E-state index in [-0.39, 0.29) is 24.0 Å². The van der Waals surface area contributed by atoms with Crippen molar-refractivity contribution in [1.29, 1.82) is 0 Å². The molecule has 0 bridgehead atoms. The van der Waals surface area contributed by atoms with Gasteiger partial charge in [0.25, 0.3) is 0 Å². The van der Waals surface area contributed by atoms with E-state index < -0.39 is 0 Å². The van der Waals surface area contributed by atoms with E-state index in [2.05, 4.69) is 27.5 Å². The topological polar surface area (TPSA) is 80.7 Å². The van der Waals surface area contributed by atoms with Crippen molar-refractivity contribution in [3.05, 3.63) is 78.2 Å². The summed E-state index contributed by atoms with van der Waals surface area (Å²) in [6.07, 6.45) is 5.33. The molecule has 0 saturated carbocycles. The number of rotatable bonds is 11. The maximum Gasteiger partial charge on any atom is 0.224 e. The van der Waals surface area contributed by atoms with Gasteiger partial charge in [-0.3, -0.25) is 4.98 Å². The molecule has 0 aliphatic rings. The second kappa shape index (κ2) is 15.0. The minimum absolute atomic E-state index is 0. The van der Waals surface area contributed by atoms with Crippen LogP contribution in [0.3, 0.4) is 0 Å². The normalized spacial score (nSPS) is 10.8. The summed E-state index contributed by atoms with van der Waals surface area (Å²) < 4.78 is 11.6. The lowest BCUT2D eigenvalue weighted by Gasteiger charge is -2.12. The first-order valence-corrected chi connectivity index (χ1v) is 11.0. The molecule has 8 heteroatoms. The van der Waals surface area contributed by atoms with Crippen molar-refractivity contribution >= 4 is 29.9 Å². The Hall–Kier alpha value is -2.88. The zero-order chi connectivity index (χ0) is 22.4. The molecule has 0 radical (unpaired) electrons. The first kappa shape index (κ1) is 26.4. The predicted molar refractivity (Wildman–Crippen MR) is 143 cm³/mol. The average Bonchev–Trinajstić information content (AvgIpc) is 2.83. The molecular formula is C25H32IN5O2. The van der Waals surface area contributed by atoms with Crippen LogP contribution in [-0.4, -0.2) is 35.6 Å². The Morgan fingerprint density at radius 2 is 1.70 bits per heavy atom. The smallest absolute Gasteiger partial charge is 0.224 e. The Morgan fingerprint density at radius 3 is 2.42 bits per heavy atom. The van der Waals surface area contributed by atoms with Gasteiger partial charge in [-0.1, -0.05) is 19.1 Å². The van der Waals surface area contributed by atoms with Gasteiger partial charge in [0.1, 0.15) is 11.5 Å². The van der Waals surface area contributed by atoms with Gasteiger partial charge in [0.2, 0.25) is 5.88 Å². The molecule has 2 N–H and O–H groups in total. The van der Waals surface area contributed by atoms with Crippen molar-refractivity contribution in [3.63, 3.8) is 0 Å². The van der Waals surface area contributed by atoms with E-state index in [0.29, 0.717) is 24.8 Å². The highest BCUT2D eigenvalue weighted by atomic mass is 127. The van der Waals surface area contributed by atoms with Crippen LogP contribution in [0.1, 0.15) is 31.5 Å². The Labute approximate surface area is 213 Å². The van der Waals surface area contributed by atoms with E-state index in [1.165, 1.54) is 0 Å². The van der Waals surface area contributed by atoms with Gasteiger partial charge < -0.3 is 20.1 Å². The maximum atomic E-state index is 6.02. The number of nitrogens with one attached hydrogen (secondary N) is 2. The quantitative estimate of drug-likeness (QED) is 0.196. The molecule has 33 heavy (non-hydrogen) atoms. The second-order valence-corrected chi connectivity index (χ2v) is 7.08. The Kier molecular flexibility index (Phi) is 12.0. The number of guanidine groups is 1. The summed E-state index contributed by atoms with van der Waals surface area (Å²) in [5.74, 6) is 2.83. The van der Waals surface area contributed by atoms with Crippen LogP contribution in [0, 0.1) is 0 Å². The fourth-order valence-electron chi connectivity index (χ4n) is 2.93. The summed E-state index contributed by atoms with van der Waals surface area (Å²) in [6, 6.07) is 17.4. The first-order chi connectivity index (χ1) is 15.8. The van der Waals surface area contributed by atoms with Gasteiger partial charge in [-0.2, -0.15) is 0 Å². The molecular weight excluding hydrogens is 529 g/mol. The van der Waals surface area contributed by atoms with E-state index in [4.69, 9.17) is 14.5 Å². The van der Waals surface area contributed by atoms with Crippen molar-refractivity contribution in [2.45, 2.75) is 33.2 Å². The first-order valence-electron chi connectivity index (χ1n) is 11.0.